The van der Waals surface area contributed by atoms with E-state index in [-0.39, 0.29) is 5.54 Å². The summed E-state index contributed by atoms with van der Waals surface area (Å²) in [5, 5.41) is 3.72. The number of hydrogen-bond donors (Lipinski definition) is 1. The van der Waals surface area contributed by atoms with Crippen molar-refractivity contribution in [3.05, 3.63) is 0 Å². The standard InChI is InChI=1S/C15H29N/c1-11-5-6-13(10-16-15(2,3)4)14(9-11)12-7-8-12/h11-14,16H,5-10H2,1-4H3. The zero-order chi connectivity index (χ0) is 11.8. The van der Waals surface area contributed by atoms with Gasteiger partial charge in [-0.1, -0.05) is 13.3 Å². The van der Waals surface area contributed by atoms with E-state index in [1.807, 2.05) is 0 Å². The van der Waals surface area contributed by atoms with Gasteiger partial charge in [-0.15, -0.1) is 0 Å². The molecular weight excluding hydrogens is 194 g/mol. The van der Waals surface area contributed by atoms with Gasteiger partial charge in [-0.05, 0) is 76.7 Å². The van der Waals surface area contributed by atoms with Crippen LogP contribution in [0.2, 0.25) is 0 Å². The van der Waals surface area contributed by atoms with E-state index < -0.39 is 0 Å². The molecule has 3 unspecified atom stereocenters. The van der Waals surface area contributed by atoms with Crippen LogP contribution in [0.15, 0.2) is 0 Å². The second-order valence-corrected chi connectivity index (χ2v) is 7.31. The Bertz CT molecular complexity index is 224. The Labute approximate surface area is 101 Å². The molecular formula is C15H29N. The summed E-state index contributed by atoms with van der Waals surface area (Å²) < 4.78 is 0. The molecule has 0 radical (unpaired) electrons. The first-order valence-electron chi connectivity index (χ1n) is 7.21. The van der Waals surface area contributed by atoms with E-state index in [2.05, 4.69) is 33.0 Å². The van der Waals surface area contributed by atoms with E-state index in [1.54, 1.807) is 0 Å². The lowest BCUT2D eigenvalue weighted by atomic mass is 9.72. The van der Waals surface area contributed by atoms with Crippen molar-refractivity contribution in [1.29, 1.82) is 0 Å². The average molecular weight is 223 g/mol. The Balaban J connectivity index is 1.86. The first kappa shape index (κ1) is 12.4. The van der Waals surface area contributed by atoms with Crippen LogP contribution in [0.1, 0.15) is 59.8 Å². The number of rotatable bonds is 3. The van der Waals surface area contributed by atoms with Crippen LogP contribution >= 0.6 is 0 Å². The van der Waals surface area contributed by atoms with Crippen molar-refractivity contribution < 1.29 is 0 Å². The molecule has 0 spiro atoms. The third-order valence-electron chi connectivity index (χ3n) is 4.43. The second kappa shape index (κ2) is 4.68. The summed E-state index contributed by atoms with van der Waals surface area (Å²) >= 11 is 0. The molecule has 0 bridgehead atoms. The Kier molecular flexibility index (Phi) is 3.63. The zero-order valence-electron chi connectivity index (χ0n) is 11.6. The minimum Gasteiger partial charge on any atom is -0.312 e. The topological polar surface area (TPSA) is 12.0 Å². The molecule has 0 amide bonds. The van der Waals surface area contributed by atoms with Gasteiger partial charge in [-0.2, -0.15) is 0 Å². The Morgan fingerprint density at radius 2 is 1.75 bits per heavy atom. The van der Waals surface area contributed by atoms with Gasteiger partial charge in [0.05, 0.1) is 0 Å². The second-order valence-electron chi connectivity index (χ2n) is 7.31. The predicted molar refractivity (Wildman–Crippen MR) is 70.5 cm³/mol. The molecule has 0 heterocycles. The molecule has 0 aliphatic heterocycles. The fourth-order valence-corrected chi connectivity index (χ4v) is 3.28. The van der Waals surface area contributed by atoms with Gasteiger partial charge in [0.15, 0.2) is 0 Å². The lowest BCUT2D eigenvalue weighted by Gasteiger charge is -2.37. The molecule has 0 saturated heterocycles. The summed E-state index contributed by atoms with van der Waals surface area (Å²) in [6.45, 7) is 10.5. The van der Waals surface area contributed by atoms with Crippen molar-refractivity contribution in [2.45, 2.75) is 65.3 Å². The van der Waals surface area contributed by atoms with Crippen molar-refractivity contribution in [3.8, 4) is 0 Å². The van der Waals surface area contributed by atoms with Gasteiger partial charge in [0.2, 0.25) is 0 Å². The molecule has 0 aromatic heterocycles. The monoisotopic (exact) mass is 223 g/mol. The number of hydrogen-bond acceptors (Lipinski definition) is 1. The average Bonchev–Trinajstić information content (AvgIpc) is 2.97. The Hall–Kier alpha value is -0.0400. The molecule has 2 aliphatic rings. The van der Waals surface area contributed by atoms with Crippen molar-refractivity contribution in [2.75, 3.05) is 6.54 Å². The molecule has 0 aromatic rings. The lowest BCUT2D eigenvalue weighted by molar-refractivity contribution is 0.155. The molecule has 94 valence electrons. The van der Waals surface area contributed by atoms with E-state index in [0.29, 0.717) is 0 Å². The van der Waals surface area contributed by atoms with Crippen LogP contribution in [0, 0.1) is 23.7 Å². The smallest absolute Gasteiger partial charge is 0.00966 e. The van der Waals surface area contributed by atoms with Gasteiger partial charge in [-0.3, -0.25) is 0 Å². The van der Waals surface area contributed by atoms with Crippen molar-refractivity contribution >= 4 is 0 Å². The van der Waals surface area contributed by atoms with E-state index >= 15 is 0 Å². The molecule has 1 N–H and O–H groups in total. The van der Waals surface area contributed by atoms with Crippen LogP contribution < -0.4 is 5.32 Å². The summed E-state index contributed by atoms with van der Waals surface area (Å²) in [5.41, 5.74) is 0.289. The van der Waals surface area contributed by atoms with Gasteiger partial charge in [0.1, 0.15) is 0 Å². The van der Waals surface area contributed by atoms with Crippen LogP contribution in [0.4, 0.5) is 0 Å². The first-order valence-corrected chi connectivity index (χ1v) is 7.21. The van der Waals surface area contributed by atoms with Crippen molar-refractivity contribution in [3.63, 3.8) is 0 Å². The minimum atomic E-state index is 0.289. The molecule has 1 heteroatoms. The first-order chi connectivity index (χ1) is 7.46. The van der Waals surface area contributed by atoms with E-state index in [9.17, 15) is 0 Å². The van der Waals surface area contributed by atoms with Gasteiger partial charge < -0.3 is 5.32 Å². The maximum absolute atomic E-state index is 3.72. The highest BCUT2D eigenvalue weighted by molar-refractivity contribution is 4.91. The van der Waals surface area contributed by atoms with E-state index in [1.165, 1.54) is 38.6 Å². The van der Waals surface area contributed by atoms with Crippen LogP contribution in [0.25, 0.3) is 0 Å². The SMILES string of the molecule is CC1CCC(CNC(C)(C)C)C(C2CC2)C1. The molecule has 2 fully saturated rings. The molecule has 1 nitrogen and oxygen atoms in total. The van der Waals surface area contributed by atoms with Crippen LogP contribution in [-0.4, -0.2) is 12.1 Å². The van der Waals surface area contributed by atoms with E-state index in [4.69, 9.17) is 0 Å². The summed E-state index contributed by atoms with van der Waals surface area (Å²) in [5.74, 6) is 4.08. The maximum atomic E-state index is 3.72. The molecule has 2 aliphatic carbocycles. The fourth-order valence-electron chi connectivity index (χ4n) is 3.28. The number of nitrogens with one attached hydrogen (secondary N) is 1. The van der Waals surface area contributed by atoms with Crippen LogP contribution in [0.5, 0.6) is 0 Å². The largest absolute Gasteiger partial charge is 0.312 e. The molecule has 3 atom stereocenters. The van der Waals surface area contributed by atoms with E-state index in [0.717, 1.165) is 23.7 Å². The van der Waals surface area contributed by atoms with Gasteiger partial charge in [0.25, 0.3) is 0 Å². The summed E-state index contributed by atoms with van der Waals surface area (Å²) in [7, 11) is 0. The molecule has 2 rings (SSSR count). The minimum absolute atomic E-state index is 0.289. The Morgan fingerprint density at radius 3 is 2.31 bits per heavy atom. The summed E-state index contributed by atoms with van der Waals surface area (Å²) in [6, 6.07) is 0. The fraction of sp³-hybridized carbons (Fsp3) is 1.00. The van der Waals surface area contributed by atoms with Crippen LogP contribution in [0.3, 0.4) is 0 Å². The van der Waals surface area contributed by atoms with Gasteiger partial charge >= 0.3 is 0 Å². The molecule has 16 heavy (non-hydrogen) atoms. The summed E-state index contributed by atoms with van der Waals surface area (Å²) in [6.07, 6.45) is 7.46. The quantitative estimate of drug-likeness (QED) is 0.766. The van der Waals surface area contributed by atoms with Crippen molar-refractivity contribution in [1.82, 2.24) is 5.32 Å². The molecule has 0 aromatic carbocycles. The Morgan fingerprint density at radius 1 is 1.06 bits per heavy atom. The normalized spacial score (nSPS) is 36.4. The lowest BCUT2D eigenvalue weighted by Crippen LogP contribution is -2.42. The summed E-state index contributed by atoms with van der Waals surface area (Å²) in [4.78, 5) is 0. The molecule has 2 saturated carbocycles. The maximum Gasteiger partial charge on any atom is 0.00966 e. The zero-order valence-corrected chi connectivity index (χ0v) is 11.6. The highest BCUT2D eigenvalue weighted by Gasteiger charge is 2.39. The third-order valence-corrected chi connectivity index (χ3v) is 4.43. The van der Waals surface area contributed by atoms with Crippen molar-refractivity contribution in [2.24, 2.45) is 23.7 Å². The van der Waals surface area contributed by atoms with Gasteiger partial charge in [0, 0.05) is 5.54 Å². The highest BCUT2D eigenvalue weighted by Crippen LogP contribution is 2.47. The highest BCUT2D eigenvalue weighted by atomic mass is 14.9. The van der Waals surface area contributed by atoms with Crippen LogP contribution in [-0.2, 0) is 0 Å². The van der Waals surface area contributed by atoms with Gasteiger partial charge in [-0.25, -0.2) is 0 Å². The third kappa shape index (κ3) is 3.48. The predicted octanol–water partition coefficient (Wildman–Crippen LogP) is 3.84.